The fourth-order valence-electron chi connectivity index (χ4n) is 1.74. The molecule has 2 N–H and O–H groups in total. The highest BCUT2D eigenvalue weighted by Gasteiger charge is 2.25. The van der Waals surface area contributed by atoms with Gasteiger partial charge in [-0.05, 0) is 12.8 Å². The molecule has 0 saturated carbocycles. The third-order valence-corrected chi connectivity index (χ3v) is 3.42. The Kier molecular flexibility index (Phi) is 3.39. The van der Waals surface area contributed by atoms with Crippen molar-refractivity contribution in [3.63, 3.8) is 0 Å². The number of rotatable bonds is 2. The molecule has 0 bridgehead atoms. The van der Waals surface area contributed by atoms with Gasteiger partial charge in [-0.1, -0.05) is 0 Å². The Bertz CT molecular complexity index is 445. The second kappa shape index (κ2) is 4.80. The molecule has 1 aliphatic heterocycles. The Morgan fingerprint density at radius 2 is 2.29 bits per heavy atom. The van der Waals surface area contributed by atoms with Crippen LogP contribution in [0.4, 0.5) is 0 Å². The summed E-state index contributed by atoms with van der Waals surface area (Å²) in [5.41, 5.74) is -0.115. The van der Waals surface area contributed by atoms with Gasteiger partial charge in [0.05, 0.1) is 6.10 Å². The lowest BCUT2D eigenvalue weighted by molar-refractivity contribution is 0.0473. The molecule has 0 aliphatic carbocycles. The average Bonchev–Trinajstić information content (AvgIpc) is 2.77. The molecule has 92 valence electrons. The number of hydrogen-bond donors (Lipinski definition) is 2. The largest absolute Gasteiger partial charge is 0.476 e. The van der Waals surface area contributed by atoms with Crippen molar-refractivity contribution >= 4 is 23.2 Å². The van der Waals surface area contributed by atoms with Crippen molar-refractivity contribution in [2.45, 2.75) is 18.9 Å². The molecule has 1 fully saturated rings. The normalized spacial score (nSPS) is 20.3. The standard InChI is InChI=1S/C10H12N2O4S/c13-6-2-1-3-12(4-6)9(14)8-11-7(5-17-8)10(15)16/h5-6,13H,1-4H2,(H,15,16). The molecule has 0 spiro atoms. The minimum absolute atomic E-state index is 0.115. The minimum Gasteiger partial charge on any atom is -0.476 e. The molecule has 1 atom stereocenters. The van der Waals surface area contributed by atoms with Crippen LogP contribution >= 0.6 is 11.3 Å². The molecule has 0 aromatic carbocycles. The molecule has 1 aromatic heterocycles. The first-order valence-corrected chi connectivity index (χ1v) is 6.12. The first kappa shape index (κ1) is 12.0. The number of aliphatic hydroxyl groups is 1. The molecule has 6 nitrogen and oxygen atoms in total. The van der Waals surface area contributed by atoms with Gasteiger partial charge in [-0.3, -0.25) is 4.79 Å². The molecule has 2 rings (SSSR count). The first-order chi connectivity index (χ1) is 8.08. The molecule has 1 unspecified atom stereocenters. The van der Waals surface area contributed by atoms with E-state index < -0.39 is 12.1 Å². The SMILES string of the molecule is O=C(O)c1csc(C(=O)N2CCCC(O)C2)n1. The fourth-order valence-corrected chi connectivity index (χ4v) is 2.50. The molecule has 2 heterocycles. The molecular formula is C10H12N2O4S. The second-order valence-electron chi connectivity index (χ2n) is 3.89. The van der Waals surface area contributed by atoms with Crippen molar-refractivity contribution < 1.29 is 19.8 Å². The van der Waals surface area contributed by atoms with Gasteiger partial charge in [0.2, 0.25) is 0 Å². The molecule has 1 amide bonds. The number of thiazole rings is 1. The molecule has 1 aliphatic rings. The van der Waals surface area contributed by atoms with E-state index in [4.69, 9.17) is 5.11 Å². The monoisotopic (exact) mass is 256 g/mol. The average molecular weight is 256 g/mol. The highest BCUT2D eigenvalue weighted by molar-refractivity contribution is 7.11. The molecule has 1 saturated heterocycles. The first-order valence-electron chi connectivity index (χ1n) is 5.24. The number of likely N-dealkylation sites (tertiary alicyclic amines) is 1. The number of hydrogen-bond acceptors (Lipinski definition) is 5. The number of carbonyl (C=O) groups is 2. The molecule has 17 heavy (non-hydrogen) atoms. The summed E-state index contributed by atoms with van der Waals surface area (Å²) in [6.07, 6.45) is 0.957. The van der Waals surface area contributed by atoms with E-state index in [0.717, 1.165) is 17.8 Å². The van der Waals surface area contributed by atoms with Crippen LogP contribution in [0.15, 0.2) is 5.38 Å². The van der Waals surface area contributed by atoms with Crippen LogP contribution in [-0.2, 0) is 0 Å². The number of aliphatic hydroxyl groups excluding tert-OH is 1. The van der Waals surface area contributed by atoms with Crippen LogP contribution in [0, 0.1) is 0 Å². The van der Waals surface area contributed by atoms with E-state index in [1.165, 1.54) is 10.3 Å². The van der Waals surface area contributed by atoms with Crippen molar-refractivity contribution in [1.82, 2.24) is 9.88 Å². The summed E-state index contributed by atoms with van der Waals surface area (Å²) in [5, 5.41) is 19.7. The highest BCUT2D eigenvalue weighted by Crippen LogP contribution is 2.16. The maximum atomic E-state index is 12.0. The van der Waals surface area contributed by atoms with Crippen LogP contribution in [-0.4, -0.2) is 51.2 Å². The van der Waals surface area contributed by atoms with Crippen LogP contribution < -0.4 is 0 Å². The Balaban J connectivity index is 2.10. The maximum absolute atomic E-state index is 12.0. The van der Waals surface area contributed by atoms with E-state index in [1.807, 2.05) is 0 Å². The summed E-state index contributed by atoms with van der Waals surface area (Å²) >= 11 is 1.02. The van der Waals surface area contributed by atoms with Crippen LogP contribution in [0.3, 0.4) is 0 Å². The second-order valence-corrected chi connectivity index (χ2v) is 4.75. The van der Waals surface area contributed by atoms with Gasteiger partial charge in [0.15, 0.2) is 10.7 Å². The summed E-state index contributed by atoms with van der Waals surface area (Å²) in [7, 11) is 0. The summed E-state index contributed by atoms with van der Waals surface area (Å²) < 4.78 is 0. The zero-order valence-electron chi connectivity index (χ0n) is 9.00. The van der Waals surface area contributed by atoms with E-state index in [1.54, 1.807) is 0 Å². The van der Waals surface area contributed by atoms with Gasteiger partial charge in [0, 0.05) is 18.5 Å². The fraction of sp³-hybridized carbons (Fsp3) is 0.500. The van der Waals surface area contributed by atoms with Crippen molar-refractivity contribution in [3.8, 4) is 0 Å². The lowest BCUT2D eigenvalue weighted by Crippen LogP contribution is -2.42. The smallest absolute Gasteiger partial charge is 0.355 e. The lowest BCUT2D eigenvalue weighted by atomic mass is 10.1. The lowest BCUT2D eigenvalue weighted by Gasteiger charge is -2.29. The Morgan fingerprint density at radius 1 is 1.53 bits per heavy atom. The van der Waals surface area contributed by atoms with Gasteiger partial charge >= 0.3 is 5.97 Å². The van der Waals surface area contributed by atoms with E-state index in [9.17, 15) is 14.7 Å². The van der Waals surface area contributed by atoms with Crippen LogP contribution in [0.5, 0.6) is 0 Å². The predicted octanol–water partition coefficient (Wildman–Crippen LogP) is 0.438. The van der Waals surface area contributed by atoms with Crippen molar-refractivity contribution in [1.29, 1.82) is 0 Å². The number of carboxylic acid groups (broad SMARTS) is 1. The van der Waals surface area contributed by atoms with E-state index in [-0.39, 0.29) is 16.6 Å². The number of piperidine rings is 1. The highest BCUT2D eigenvalue weighted by atomic mass is 32.1. The topological polar surface area (TPSA) is 90.7 Å². The number of carboxylic acids is 1. The molecule has 0 radical (unpaired) electrons. The summed E-state index contributed by atoms with van der Waals surface area (Å²) in [5.74, 6) is -1.44. The molecule has 7 heteroatoms. The third-order valence-electron chi connectivity index (χ3n) is 2.59. The van der Waals surface area contributed by atoms with Gasteiger partial charge in [0.25, 0.3) is 5.91 Å². The predicted molar refractivity (Wildman–Crippen MR) is 60.2 cm³/mol. The zero-order valence-corrected chi connectivity index (χ0v) is 9.81. The van der Waals surface area contributed by atoms with E-state index in [0.29, 0.717) is 19.5 Å². The zero-order chi connectivity index (χ0) is 12.4. The van der Waals surface area contributed by atoms with Gasteiger partial charge < -0.3 is 15.1 Å². The number of aromatic nitrogens is 1. The van der Waals surface area contributed by atoms with Gasteiger partial charge in [0.1, 0.15) is 0 Å². The molecule has 1 aromatic rings. The van der Waals surface area contributed by atoms with E-state index in [2.05, 4.69) is 4.98 Å². The quantitative estimate of drug-likeness (QED) is 0.801. The van der Waals surface area contributed by atoms with Gasteiger partial charge in [-0.2, -0.15) is 0 Å². The van der Waals surface area contributed by atoms with Crippen molar-refractivity contribution in [2.75, 3.05) is 13.1 Å². The van der Waals surface area contributed by atoms with Gasteiger partial charge in [-0.25, -0.2) is 9.78 Å². The number of β-amino-alcohol motifs (C(OH)–C–C–N with tert-alkyl or cyclic N) is 1. The number of aromatic carboxylic acids is 1. The van der Waals surface area contributed by atoms with Crippen LogP contribution in [0.2, 0.25) is 0 Å². The minimum atomic E-state index is -1.14. The van der Waals surface area contributed by atoms with Crippen LogP contribution in [0.1, 0.15) is 33.1 Å². The Hall–Kier alpha value is -1.47. The number of carbonyl (C=O) groups excluding carboxylic acids is 1. The summed E-state index contributed by atoms with van der Waals surface area (Å²) in [6, 6.07) is 0. The number of nitrogens with zero attached hydrogens (tertiary/aromatic N) is 2. The van der Waals surface area contributed by atoms with Crippen molar-refractivity contribution in [2.24, 2.45) is 0 Å². The Labute approximate surface area is 102 Å². The van der Waals surface area contributed by atoms with Crippen LogP contribution in [0.25, 0.3) is 0 Å². The molecular weight excluding hydrogens is 244 g/mol. The summed E-state index contributed by atoms with van der Waals surface area (Å²) in [4.78, 5) is 27.9. The summed E-state index contributed by atoms with van der Waals surface area (Å²) in [6.45, 7) is 0.874. The van der Waals surface area contributed by atoms with Gasteiger partial charge in [-0.15, -0.1) is 11.3 Å². The number of amides is 1. The Morgan fingerprint density at radius 3 is 2.88 bits per heavy atom. The van der Waals surface area contributed by atoms with Crippen molar-refractivity contribution in [3.05, 3.63) is 16.1 Å². The maximum Gasteiger partial charge on any atom is 0.355 e. The van der Waals surface area contributed by atoms with E-state index >= 15 is 0 Å². The third kappa shape index (κ3) is 2.62.